The van der Waals surface area contributed by atoms with Crippen LogP contribution in [0.2, 0.25) is 0 Å². The second-order valence-corrected chi connectivity index (χ2v) is 25.4. The molecule has 4 aromatic rings. The van der Waals surface area contributed by atoms with Crippen molar-refractivity contribution in [1.29, 1.82) is 0 Å². The number of hydrogen-bond donors (Lipinski definition) is 2. The summed E-state index contributed by atoms with van der Waals surface area (Å²) in [6.45, 7) is 30.8. The van der Waals surface area contributed by atoms with Crippen molar-refractivity contribution in [2.24, 2.45) is 10.8 Å². The predicted octanol–water partition coefficient (Wildman–Crippen LogP) is 11.0. The summed E-state index contributed by atoms with van der Waals surface area (Å²) >= 11 is 3.46. The maximum Gasteiger partial charge on any atom is 0.486 e. The first-order chi connectivity index (χ1) is 30.2. The number of aromatic nitrogens is 2. The van der Waals surface area contributed by atoms with E-state index in [1.54, 1.807) is 25.9 Å². The van der Waals surface area contributed by atoms with Crippen LogP contribution in [0.1, 0.15) is 140 Å². The Balaban J connectivity index is 0.000000271. The molecule has 66 heavy (non-hydrogen) atoms. The van der Waals surface area contributed by atoms with Crippen LogP contribution < -0.4 is 9.44 Å². The Morgan fingerprint density at radius 3 is 1.48 bits per heavy atom. The van der Waals surface area contributed by atoms with Crippen LogP contribution in [0.3, 0.4) is 0 Å². The molecule has 0 bridgehead atoms. The van der Waals surface area contributed by atoms with Crippen LogP contribution in [0.5, 0.6) is 0 Å². The topological polar surface area (TPSA) is 155 Å². The fourth-order valence-corrected chi connectivity index (χ4v) is 7.83. The van der Waals surface area contributed by atoms with Gasteiger partial charge in [0.2, 0.25) is 0 Å². The number of carbonyl (C=O) groups is 2. The number of pyridine rings is 2. The van der Waals surface area contributed by atoms with Crippen LogP contribution in [0, 0.1) is 10.8 Å². The zero-order valence-electron chi connectivity index (χ0n) is 42.2. The number of esters is 2. The molecule has 0 spiro atoms. The summed E-state index contributed by atoms with van der Waals surface area (Å²) in [5.41, 5.74) is 2.36. The number of fused-ring (bicyclic) bond motifs is 2. The van der Waals surface area contributed by atoms with Gasteiger partial charge in [-0.2, -0.15) is 0 Å². The predicted molar refractivity (Wildman–Crippen MR) is 276 cm³/mol. The zero-order valence-corrected chi connectivity index (χ0v) is 45.4. The van der Waals surface area contributed by atoms with Gasteiger partial charge in [0, 0.05) is 15.2 Å². The van der Waals surface area contributed by atoms with Crippen LogP contribution in [0.25, 0.3) is 27.9 Å². The molecule has 3 heterocycles. The largest absolute Gasteiger partial charge is 0.486 e. The number of carbonyl (C=O) groups excluding carboxylic acids is 2. The van der Waals surface area contributed by atoms with Gasteiger partial charge in [-0.3, -0.25) is 19.6 Å². The molecule has 0 radical (unpaired) electrons. The van der Waals surface area contributed by atoms with Gasteiger partial charge in [-0.25, -0.2) is 17.9 Å². The standard InChI is InChI=1S/C22H30N2O3S.C15H19BrN2OS.C13H23BO4/c1-15(24-28(26)21(2,3)4)18-11-10-17-9-8-16(14-19(17)23-18)12-13-22(5,6)20(25)27-7;1-10(18-20(19)15(2,3)4)13-8-6-11-5-7-12(16)9-14(11)17-13;1-11(2,10(15)16-7)8-9-14-17-12(3,4)13(5,6)18-14/h8-15,24H,1-7H3;5-10,18H,1-4H3;8-9H,1-7H3/b13-12+;;9-8+/t15-,28-;10-,20-;/m11./s1. The first kappa shape index (κ1) is 56.7. The van der Waals surface area contributed by atoms with Crippen molar-refractivity contribution in [1.82, 2.24) is 19.4 Å². The van der Waals surface area contributed by atoms with E-state index in [2.05, 4.69) is 30.4 Å². The number of nitrogens with one attached hydrogen (secondary N) is 2. The number of rotatable bonds is 12. The van der Waals surface area contributed by atoms with E-state index in [9.17, 15) is 18.0 Å². The van der Waals surface area contributed by atoms with Gasteiger partial charge >= 0.3 is 19.1 Å². The molecule has 0 saturated carbocycles. The summed E-state index contributed by atoms with van der Waals surface area (Å²) in [6, 6.07) is 19.8. The van der Waals surface area contributed by atoms with E-state index in [0.717, 1.165) is 43.2 Å². The lowest BCUT2D eigenvalue weighted by Crippen LogP contribution is -2.41. The SMILES string of the molecule is COC(=O)C(C)(C)/C=C/B1OC(C)(C)C(C)(C)O1.COC(=O)C(C)(C)/C=C/c1ccc2ccc([C@@H](C)N[S@](=O)C(C)(C)C)nc2c1.C[C@@H](N[S@](=O)C(C)(C)C)c1ccc2ccc(Br)cc2n1. The van der Waals surface area contributed by atoms with Crippen LogP contribution in [0.4, 0.5) is 0 Å². The van der Waals surface area contributed by atoms with Gasteiger partial charge in [-0.15, -0.1) is 0 Å². The molecule has 2 aromatic carbocycles. The molecule has 0 aliphatic carbocycles. The van der Waals surface area contributed by atoms with Crippen molar-refractivity contribution in [2.45, 2.75) is 144 Å². The highest BCUT2D eigenvalue weighted by molar-refractivity contribution is 9.10. The van der Waals surface area contributed by atoms with E-state index < -0.39 is 39.9 Å². The highest BCUT2D eigenvalue weighted by Gasteiger charge is 2.50. The van der Waals surface area contributed by atoms with Crippen LogP contribution in [0.15, 0.2) is 83.3 Å². The maximum absolute atomic E-state index is 12.4. The molecule has 0 unspecified atom stereocenters. The van der Waals surface area contributed by atoms with Crippen LogP contribution in [-0.4, -0.2) is 72.4 Å². The Kier molecular flexibility index (Phi) is 19.5. The van der Waals surface area contributed by atoms with Crippen molar-refractivity contribution >= 4 is 84.8 Å². The number of methoxy groups -OCH3 is 2. The highest BCUT2D eigenvalue weighted by Crippen LogP contribution is 2.37. The summed E-state index contributed by atoms with van der Waals surface area (Å²) < 4.78 is 52.3. The van der Waals surface area contributed by atoms with Gasteiger partial charge < -0.3 is 18.8 Å². The maximum atomic E-state index is 12.4. The normalized spacial score (nSPS) is 17.1. The lowest BCUT2D eigenvalue weighted by atomic mass is 9.83. The number of hydrogen-bond acceptors (Lipinski definition) is 10. The second-order valence-electron chi connectivity index (χ2n) is 20.4. The van der Waals surface area contributed by atoms with E-state index >= 15 is 0 Å². The summed E-state index contributed by atoms with van der Waals surface area (Å²) in [6.07, 6.45) is 5.50. The average molecular weight is 1010 g/mol. The minimum absolute atomic E-state index is 0.0570. The zero-order chi connectivity index (χ0) is 50.2. The van der Waals surface area contributed by atoms with Crippen molar-refractivity contribution in [3.8, 4) is 0 Å². The smallest absolute Gasteiger partial charge is 0.468 e. The molecule has 1 fully saturated rings. The molecule has 4 atom stereocenters. The Bertz CT molecular complexity index is 2430. The van der Waals surface area contributed by atoms with Gasteiger partial charge in [-0.1, -0.05) is 70.5 Å². The molecule has 0 amide bonds. The van der Waals surface area contributed by atoms with Crippen molar-refractivity contribution in [2.75, 3.05) is 14.2 Å². The minimum atomic E-state index is -1.17. The third-order valence-electron chi connectivity index (χ3n) is 11.0. The van der Waals surface area contributed by atoms with E-state index in [1.807, 2.05) is 170 Å². The number of ether oxygens (including phenoxy) is 2. The van der Waals surface area contributed by atoms with Crippen LogP contribution in [-0.2, 0) is 50.3 Å². The second kappa shape index (κ2) is 22.6. The summed E-state index contributed by atoms with van der Waals surface area (Å²) in [7, 11) is 0.0654. The third-order valence-corrected chi connectivity index (χ3v) is 14.9. The Morgan fingerprint density at radius 1 is 0.667 bits per heavy atom. The minimum Gasteiger partial charge on any atom is -0.468 e. The molecule has 1 saturated heterocycles. The fraction of sp³-hybridized carbons (Fsp3) is 0.520. The van der Waals surface area contributed by atoms with Gasteiger partial charge in [0.05, 0.1) is 102 Å². The lowest BCUT2D eigenvalue weighted by molar-refractivity contribution is -0.148. The Hall–Kier alpha value is -3.64. The number of nitrogens with zero attached hydrogens (tertiary/aromatic N) is 2. The number of halogens is 1. The van der Waals surface area contributed by atoms with Crippen molar-refractivity contribution < 1.29 is 36.8 Å². The monoisotopic (exact) mass is 1010 g/mol. The van der Waals surface area contributed by atoms with Gasteiger partial charge in [-0.05, 0) is 147 Å². The van der Waals surface area contributed by atoms with E-state index in [1.165, 1.54) is 14.2 Å². The van der Waals surface area contributed by atoms with Crippen LogP contribution >= 0.6 is 15.9 Å². The summed E-state index contributed by atoms with van der Waals surface area (Å²) in [4.78, 5) is 32.8. The molecule has 2 aromatic heterocycles. The van der Waals surface area contributed by atoms with E-state index in [4.69, 9.17) is 23.8 Å². The molecule has 362 valence electrons. The molecule has 12 nitrogen and oxygen atoms in total. The highest BCUT2D eigenvalue weighted by atomic mass is 79.9. The van der Waals surface area contributed by atoms with E-state index in [0.29, 0.717) is 0 Å². The molecule has 5 rings (SSSR count). The lowest BCUT2D eigenvalue weighted by Gasteiger charge is -2.32. The molecule has 2 N–H and O–H groups in total. The molecular formula is C50H72BBrN4O8S2. The number of benzene rings is 2. The molecular weight excluding hydrogens is 939 g/mol. The third kappa shape index (κ3) is 16.0. The molecule has 1 aliphatic heterocycles. The van der Waals surface area contributed by atoms with Crippen molar-refractivity contribution in [3.63, 3.8) is 0 Å². The summed E-state index contributed by atoms with van der Waals surface area (Å²) in [5, 5.41) is 2.12. The molecule has 1 aliphatic rings. The Labute approximate surface area is 407 Å². The van der Waals surface area contributed by atoms with Gasteiger partial charge in [0.25, 0.3) is 0 Å². The van der Waals surface area contributed by atoms with Gasteiger partial charge in [0.1, 0.15) is 0 Å². The first-order valence-corrected chi connectivity index (χ1v) is 25.1. The summed E-state index contributed by atoms with van der Waals surface area (Å²) in [5.74, 6) is 1.21. The Morgan fingerprint density at radius 2 is 1.06 bits per heavy atom. The average Bonchev–Trinajstić information content (AvgIpc) is 3.45. The van der Waals surface area contributed by atoms with Gasteiger partial charge in [0.15, 0.2) is 0 Å². The fourth-order valence-electron chi connectivity index (χ4n) is 5.89. The quantitative estimate of drug-likeness (QED) is 0.103. The van der Waals surface area contributed by atoms with E-state index in [-0.39, 0.29) is 44.7 Å². The van der Waals surface area contributed by atoms with Crippen molar-refractivity contribution in [3.05, 3.63) is 100 Å². The molecule has 16 heteroatoms. The first-order valence-electron chi connectivity index (χ1n) is 22.0.